The van der Waals surface area contributed by atoms with E-state index in [1.54, 1.807) is 6.92 Å². The molecule has 1 aromatic carbocycles. The van der Waals surface area contributed by atoms with Crippen LogP contribution < -0.4 is 0 Å². The number of carboxylic acids is 1. The number of halogens is 1. The molecule has 0 radical (unpaired) electrons. The third-order valence-electron chi connectivity index (χ3n) is 2.08. The number of ketones is 1. The highest BCUT2D eigenvalue weighted by Crippen LogP contribution is 2.24. The largest absolute Gasteiger partial charge is 0.481 e. The van der Waals surface area contributed by atoms with E-state index in [-0.39, 0.29) is 10.6 Å². The number of carboxylic acid groups (broad SMARTS) is 1. The predicted octanol–water partition coefficient (Wildman–Crippen LogP) is 2.05. The third kappa shape index (κ3) is 3.05. The summed E-state index contributed by atoms with van der Waals surface area (Å²) in [7, 11) is 0. The van der Waals surface area contributed by atoms with Gasteiger partial charge in [-0.25, -0.2) is 0 Å². The van der Waals surface area contributed by atoms with E-state index in [0.29, 0.717) is 5.56 Å². The highest BCUT2D eigenvalue weighted by atomic mass is 35.5. The molecule has 4 nitrogen and oxygen atoms in total. The van der Waals surface area contributed by atoms with Gasteiger partial charge in [0, 0.05) is 10.6 Å². The monoisotopic (exact) mass is 242 g/mol. The first kappa shape index (κ1) is 12.7. The second-order valence-corrected chi connectivity index (χ2v) is 3.81. The molecule has 1 rings (SSSR count). The fourth-order valence-corrected chi connectivity index (χ4v) is 1.62. The van der Waals surface area contributed by atoms with Gasteiger partial charge in [0.25, 0.3) is 0 Å². The Kier molecular flexibility index (Phi) is 4.04. The first-order valence-corrected chi connectivity index (χ1v) is 5.02. The fourth-order valence-electron chi connectivity index (χ4n) is 1.28. The Morgan fingerprint density at radius 3 is 2.50 bits per heavy atom. The standard InChI is InChI=1S/C11H11ClO4/c1-6(13)8-3-2-7(4-9(8)12)10(14)5-11(15)16/h2-4,6,13H,5H2,1H3,(H,15,16)/t6-/m0/s1. The molecular formula is C11H11ClO4. The summed E-state index contributed by atoms with van der Waals surface area (Å²) >= 11 is 5.85. The van der Waals surface area contributed by atoms with Gasteiger partial charge in [-0.15, -0.1) is 0 Å². The average Bonchev–Trinajstić information content (AvgIpc) is 2.15. The zero-order valence-electron chi connectivity index (χ0n) is 8.61. The fraction of sp³-hybridized carbons (Fsp3) is 0.273. The van der Waals surface area contributed by atoms with Crippen molar-refractivity contribution >= 4 is 23.4 Å². The molecule has 0 aromatic heterocycles. The lowest BCUT2D eigenvalue weighted by molar-refractivity contribution is -0.135. The number of benzene rings is 1. The first-order chi connectivity index (χ1) is 7.41. The van der Waals surface area contributed by atoms with Crippen LogP contribution in [0.15, 0.2) is 18.2 Å². The number of Topliss-reactive ketones (excluding diaryl/α,β-unsaturated/α-hetero) is 1. The number of carbonyl (C=O) groups excluding carboxylic acids is 1. The van der Waals surface area contributed by atoms with E-state index >= 15 is 0 Å². The van der Waals surface area contributed by atoms with Crippen LogP contribution in [-0.4, -0.2) is 22.0 Å². The molecule has 0 amide bonds. The Labute approximate surface area is 97.5 Å². The Bertz CT molecular complexity index is 426. The van der Waals surface area contributed by atoms with Gasteiger partial charge in [0.15, 0.2) is 5.78 Å². The van der Waals surface area contributed by atoms with Crippen LogP contribution in [0.4, 0.5) is 0 Å². The maximum Gasteiger partial charge on any atom is 0.311 e. The van der Waals surface area contributed by atoms with Crippen LogP contribution in [0.2, 0.25) is 5.02 Å². The molecule has 0 aliphatic heterocycles. The van der Waals surface area contributed by atoms with Crippen molar-refractivity contribution in [3.8, 4) is 0 Å². The predicted molar refractivity (Wildman–Crippen MR) is 58.7 cm³/mol. The quantitative estimate of drug-likeness (QED) is 0.626. The Morgan fingerprint density at radius 2 is 2.06 bits per heavy atom. The summed E-state index contributed by atoms with van der Waals surface area (Å²) in [6.45, 7) is 1.56. The molecule has 0 spiro atoms. The molecule has 0 unspecified atom stereocenters. The van der Waals surface area contributed by atoms with Gasteiger partial charge in [-0.3, -0.25) is 9.59 Å². The molecule has 0 saturated heterocycles. The molecular weight excluding hydrogens is 232 g/mol. The summed E-state index contributed by atoms with van der Waals surface area (Å²) in [5.74, 6) is -1.69. The van der Waals surface area contributed by atoms with Crippen molar-refractivity contribution in [3.63, 3.8) is 0 Å². The number of hydrogen-bond donors (Lipinski definition) is 2. The molecule has 16 heavy (non-hydrogen) atoms. The molecule has 0 heterocycles. The van der Waals surface area contributed by atoms with E-state index in [4.69, 9.17) is 16.7 Å². The van der Waals surface area contributed by atoms with E-state index in [1.807, 2.05) is 0 Å². The molecule has 86 valence electrons. The van der Waals surface area contributed by atoms with Crippen molar-refractivity contribution in [3.05, 3.63) is 34.3 Å². The number of aliphatic hydroxyl groups is 1. The van der Waals surface area contributed by atoms with Crippen LogP contribution in [0.25, 0.3) is 0 Å². The first-order valence-electron chi connectivity index (χ1n) is 4.64. The number of carbonyl (C=O) groups is 2. The lowest BCUT2D eigenvalue weighted by Gasteiger charge is -2.08. The zero-order valence-corrected chi connectivity index (χ0v) is 9.36. The minimum absolute atomic E-state index is 0.233. The summed E-state index contributed by atoms with van der Waals surface area (Å²) < 4.78 is 0. The van der Waals surface area contributed by atoms with Crippen LogP contribution in [0.5, 0.6) is 0 Å². The van der Waals surface area contributed by atoms with E-state index in [0.717, 1.165) is 0 Å². The molecule has 0 fully saturated rings. The molecule has 0 bridgehead atoms. The SMILES string of the molecule is C[C@H](O)c1ccc(C(=O)CC(=O)O)cc1Cl. The van der Waals surface area contributed by atoms with Gasteiger partial charge >= 0.3 is 5.97 Å². The van der Waals surface area contributed by atoms with Crippen LogP contribution in [0.3, 0.4) is 0 Å². The summed E-state index contributed by atoms with van der Waals surface area (Å²) in [5, 5.41) is 18.0. The highest BCUT2D eigenvalue weighted by Gasteiger charge is 2.13. The summed E-state index contributed by atoms with van der Waals surface area (Å²) in [6.07, 6.45) is -1.29. The van der Waals surface area contributed by atoms with Gasteiger partial charge in [-0.1, -0.05) is 23.7 Å². The van der Waals surface area contributed by atoms with Gasteiger partial charge < -0.3 is 10.2 Å². The molecule has 0 aliphatic rings. The molecule has 1 atom stereocenters. The average molecular weight is 243 g/mol. The van der Waals surface area contributed by atoms with Crippen LogP contribution >= 0.6 is 11.6 Å². The van der Waals surface area contributed by atoms with E-state index in [2.05, 4.69) is 0 Å². The van der Waals surface area contributed by atoms with Crippen LogP contribution in [0, 0.1) is 0 Å². The van der Waals surface area contributed by atoms with E-state index < -0.39 is 24.3 Å². The lowest BCUT2D eigenvalue weighted by Crippen LogP contribution is -2.07. The van der Waals surface area contributed by atoms with E-state index in [1.165, 1.54) is 18.2 Å². The smallest absolute Gasteiger partial charge is 0.311 e. The van der Waals surface area contributed by atoms with Crippen molar-refractivity contribution in [2.24, 2.45) is 0 Å². The minimum Gasteiger partial charge on any atom is -0.481 e. The van der Waals surface area contributed by atoms with E-state index in [9.17, 15) is 14.7 Å². The number of rotatable bonds is 4. The third-order valence-corrected chi connectivity index (χ3v) is 2.41. The van der Waals surface area contributed by atoms with Crippen molar-refractivity contribution in [2.75, 3.05) is 0 Å². The topological polar surface area (TPSA) is 74.6 Å². The summed E-state index contributed by atoms with van der Waals surface area (Å²) in [4.78, 5) is 21.7. The molecule has 1 aromatic rings. The van der Waals surface area contributed by atoms with Crippen molar-refractivity contribution in [1.82, 2.24) is 0 Å². The maximum atomic E-state index is 11.4. The molecule has 5 heteroatoms. The molecule has 0 saturated carbocycles. The molecule has 0 aliphatic carbocycles. The summed E-state index contributed by atoms with van der Waals surface area (Å²) in [6, 6.07) is 4.34. The zero-order chi connectivity index (χ0) is 12.3. The number of aliphatic carboxylic acids is 1. The van der Waals surface area contributed by atoms with Gasteiger partial charge in [0.05, 0.1) is 6.10 Å². The Balaban J connectivity index is 2.97. The maximum absolute atomic E-state index is 11.4. The van der Waals surface area contributed by atoms with Crippen molar-refractivity contribution in [1.29, 1.82) is 0 Å². The normalized spacial score (nSPS) is 12.2. The molecule has 2 N–H and O–H groups in total. The summed E-state index contributed by atoms with van der Waals surface area (Å²) in [5.41, 5.74) is 0.741. The van der Waals surface area contributed by atoms with Gasteiger partial charge in [0.2, 0.25) is 0 Å². The van der Waals surface area contributed by atoms with Crippen molar-refractivity contribution in [2.45, 2.75) is 19.4 Å². The van der Waals surface area contributed by atoms with Crippen LogP contribution in [-0.2, 0) is 4.79 Å². The minimum atomic E-state index is -1.18. The second kappa shape index (κ2) is 5.09. The number of aliphatic hydroxyl groups excluding tert-OH is 1. The highest BCUT2D eigenvalue weighted by molar-refractivity contribution is 6.31. The Morgan fingerprint density at radius 1 is 1.44 bits per heavy atom. The van der Waals surface area contributed by atoms with Crippen molar-refractivity contribution < 1.29 is 19.8 Å². The van der Waals surface area contributed by atoms with Gasteiger partial charge in [0.1, 0.15) is 6.42 Å². The lowest BCUT2D eigenvalue weighted by atomic mass is 10.0. The number of hydrogen-bond acceptors (Lipinski definition) is 3. The Hall–Kier alpha value is -1.39. The second-order valence-electron chi connectivity index (χ2n) is 3.41. The van der Waals surface area contributed by atoms with Gasteiger partial charge in [-0.2, -0.15) is 0 Å². The van der Waals surface area contributed by atoms with Crippen LogP contribution in [0.1, 0.15) is 35.4 Å². The van der Waals surface area contributed by atoms with Gasteiger partial charge in [-0.05, 0) is 18.6 Å².